The van der Waals surface area contributed by atoms with Crippen LogP contribution >= 0.6 is 11.6 Å². The fourth-order valence-electron chi connectivity index (χ4n) is 2.66. The van der Waals surface area contributed by atoms with E-state index < -0.39 is 9.84 Å². The van der Waals surface area contributed by atoms with E-state index in [1.165, 1.54) is 32.1 Å². The zero-order valence-electron chi connectivity index (χ0n) is 11.6. The summed E-state index contributed by atoms with van der Waals surface area (Å²) >= 11 is 5.77. The number of rotatable bonds is 6. The minimum absolute atomic E-state index is 0.140. The van der Waals surface area contributed by atoms with Crippen molar-refractivity contribution in [2.75, 3.05) is 18.8 Å². The van der Waals surface area contributed by atoms with Crippen molar-refractivity contribution in [1.29, 1.82) is 0 Å². The van der Waals surface area contributed by atoms with Gasteiger partial charge in [-0.05, 0) is 49.6 Å². The third-order valence-corrected chi connectivity index (χ3v) is 5.86. The molecule has 0 heterocycles. The first-order chi connectivity index (χ1) is 9.58. The Labute approximate surface area is 126 Å². The predicted molar refractivity (Wildman–Crippen MR) is 82.9 cm³/mol. The van der Waals surface area contributed by atoms with Crippen molar-refractivity contribution in [1.82, 2.24) is 5.32 Å². The van der Waals surface area contributed by atoms with Crippen LogP contribution in [0.3, 0.4) is 0 Å². The average molecular weight is 316 g/mol. The molecule has 0 spiro atoms. The summed E-state index contributed by atoms with van der Waals surface area (Å²) in [6.07, 6.45) is 6.53. The van der Waals surface area contributed by atoms with Crippen LogP contribution in [0.2, 0.25) is 5.02 Å². The van der Waals surface area contributed by atoms with Crippen LogP contribution in [-0.4, -0.2) is 27.3 Å². The third-order valence-electron chi connectivity index (χ3n) is 3.88. The molecular formula is C15H22ClNO2S. The highest BCUT2D eigenvalue weighted by atomic mass is 35.5. The first-order valence-corrected chi connectivity index (χ1v) is 9.30. The summed E-state index contributed by atoms with van der Waals surface area (Å²) in [7, 11) is -3.20. The molecule has 3 nitrogen and oxygen atoms in total. The van der Waals surface area contributed by atoms with Crippen LogP contribution in [0, 0.1) is 5.92 Å². The number of sulfone groups is 1. The van der Waals surface area contributed by atoms with Gasteiger partial charge in [0.25, 0.3) is 0 Å². The molecule has 0 aliphatic heterocycles. The van der Waals surface area contributed by atoms with Crippen molar-refractivity contribution in [3.05, 3.63) is 29.3 Å². The van der Waals surface area contributed by atoms with Gasteiger partial charge in [-0.15, -0.1) is 0 Å². The van der Waals surface area contributed by atoms with Gasteiger partial charge in [-0.1, -0.05) is 30.9 Å². The fourth-order valence-corrected chi connectivity index (χ4v) is 3.99. The largest absolute Gasteiger partial charge is 0.315 e. The molecule has 1 aliphatic rings. The van der Waals surface area contributed by atoms with Crippen LogP contribution in [0.1, 0.15) is 32.1 Å². The monoisotopic (exact) mass is 315 g/mol. The molecule has 0 unspecified atom stereocenters. The molecule has 5 heteroatoms. The van der Waals surface area contributed by atoms with Crippen LogP contribution in [0.4, 0.5) is 0 Å². The smallest absolute Gasteiger partial charge is 0.179 e. The van der Waals surface area contributed by atoms with Crippen LogP contribution in [0.15, 0.2) is 29.2 Å². The van der Waals surface area contributed by atoms with Gasteiger partial charge in [-0.25, -0.2) is 8.42 Å². The van der Waals surface area contributed by atoms with E-state index in [9.17, 15) is 8.42 Å². The van der Waals surface area contributed by atoms with E-state index in [1.807, 2.05) is 0 Å². The van der Waals surface area contributed by atoms with Gasteiger partial charge in [0, 0.05) is 11.6 Å². The molecular weight excluding hydrogens is 294 g/mol. The lowest BCUT2D eigenvalue weighted by molar-refractivity contribution is 0.345. The van der Waals surface area contributed by atoms with Gasteiger partial charge >= 0.3 is 0 Å². The summed E-state index contributed by atoms with van der Waals surface area (Å²) < 4.78 is 24.2. The van der Waals surface area contributed by atoms with Gasteiger partial charge in [0.15, 0.2) is 9.84 Å². The standard InChI is InChI=1S/C15H22ClNO2S/c16-14-6-8-15(9-7-14)20(18,19)11-10-17-12-13-4-2-1-3-5-13/h6-9,13,17H,1-5,10-12H2. The summed E-state index contributed by atoms with van der Waals surface area (Å²) in [6.45, 7) is 1.46. The third kappa shape index (κ3) is 4.76. The predicted octanol–water partition coefficient (Wildman–Crippen LogP) is 3.28. The summed E-state index contributed by atoms with van der Waals surface area (Å²) in [6, 6.07) is 6.37. The van der Waals surface area contributed by atoms with Crippen molar-refractivity contribution in [2.24, 2.45) is 5.92 Å². The Morgan fingerprint density at radius 3 is 2.40 bits per heavy atom. The maximum absolute atomic E-state index is 12.1. The number of benzene rings is 1. The highest BCUT2D eigenvalue weighted by Crippen LogP contribution is 2.22. The second-order valence-corrected chi connectivity index (χ2v) is 8.03. The molecule has 0 amide bonds. The molecule has 0 bridgehead atoms. The van der Waals surface area contributed by atoms with E-state index in [2.05, 4.69) is 5.32 Å². The Kier molecular flexibility index (Phi) is 5.87. The van der Waals surface area contributed by atoms with Gasteiger partial charge in [-0.3, -0.25) is 0 Å². The summed E-state index contributed by atoms with van der Waals surface area (Å²) in [5.41, 5.74) is 0. The minimum Gasteiger partial charge on any atom is -0.315 e. The minimum atomic E-state index is -3.20. The van der Waals surface area contributed by atoms with E-state index in [1.54, 1.807) is 24.3 Å². The van der Waals surface area contributed by atoms with E-state index in [4.69, 9.17) is 11.6 Å². The van der Waals surface area contributed by atoms with Crippen LogP contribution in [-0.2, 0) is 9.84 Å². The number of hydrogen-bond donors (Lipinski definition) is 1. The van der Waals surface area contributed by atoms with Crippen molar-refractivity contribution >= 4 is 21.4 Å². The fraction of sp³-hybridized carbons (Fsp3) is 0.600. The van der Waals surface area contributed by atoms with Gasteiger partial charge < -0.3 is 5.32 Å². The quantitative estimate of drug-likeness (QED) is 0.819. The first-order valence-electron chi connectivity index (χ1n) is 7.27. The molecule has 0 saturated heterocycles. The van der Waals surface area contributed by atoms with Crippen molar-refractivity contribution < 1.29 is 8.42 Å². The lowest BCUT2D eigenvalue weighted by Gasteiger charge is -2.21. The Balaban J connectivity index is 1.76. The number of nitrogens with one attached hydrogen (secondary N) is 1. The van der Waals surface area contributed by atoms with Crippen molar-refractivity contribution in [3.63, 3.8) is 0 Å². The zero-order valence-corrected chi connectivity index (χ0v) is 13.2. The van der Waals surface area contributed by atoms with Crippen molar-refractivity contribution in [3.8, 4) is 0 Å². The molecule has 2 rings (SSSR count). The molecule has 1 fully saturated rings. The van der Waals surface area contributed by atoms with Crippen molar-refractivity contribution in [2.45, 2.75) is 37.0 Å². The normalized spacial score (nSPS) is 17.2. The SMILES string of the molecule is O=S(=O)(CCNCC1CCCCC1)c1ccc(Cl)cc1. The van der Waals surface area contributed by atoms with E-state index in [-0.39, 0.29) is 5.75 Å². The molecule has 0 atom stereocenters. The number of hydrogen-bond acceptors (Lipinski definition) is 3. The Bertz CT molecular complexity index is 507. The molecule has 0 radical (unpaired) electrons. The van der Waals surface area contributed by atoms with Crippen LogP contribution in [0.25, 0.3) is 0 Å². The lowest BCUT2D eigenvalue weighted by Crippen LogP contribution is -2.29. The van der Waals surface area contributed by atoms with Crippen LogP contribution in [0.5, 0.6) is 0 Å². The molecule has 0 aromatic heterocycles. The molecule has 20 heavy (non-hydrogen) atoms. The van der Waals surface area contributed by atoms with E-state index in [0.717, 1.165) is 12.5 Å². The second-order valence-electron chi connectivity index (χ2n) is 5.48. The Hall–Kier alpha value is -0.580. The molecule has 1 aromatic rings. The molecule has 1 N–H and O–H groups in total. The zero-order chi connectivity index (χ0) is 14.4. The van der Waals surface area contributed by atoms with Gasteiger partial charge in [0.1, 0.15) is 0 Å². The highest BCUT2D eigenvalue weighted by molar-refractivity contribution is 7.91. The summed E-state index contributed by atoms with van der Waals surface area (Å²) in [5.74, 6) is 0.864. The van der Waals surface area contributed by atoms with E-state index in [0.29, 0.717) is 16.5 Å². The lowest BCUT2D eigenvalue weighted by atomic mass is 9.89. The molecule has 112 valence electrons. The summed E-state index contributed by atoms with van der Waals surface area (Å²) in [4.78, 5) is 0.348. The molecule has 1 saturated carbocycles. The summed E-state index contributed by atoms with van der Waals surface area (Å²) in [5, 5.41) is 3.84. The van der Waals surface area contributed by atoms with Gasteiger partial charge in [0.05, 0.1) is 10.6 Å². The first kappa shape index (κ1) is 15.8. The molecule has 1 aliphatic carbocycles. The second kappa shape index (κ2) is 7.43. The number of halogens is 1. The maximum atomic E-state index is 12.1. The average Bonchev–Trinajstić information content (AvgIpc) is 2.45. The van der Waals surface area contributed by atoms with Gasteiger partial charge in [-0.2, -0.15) is 0 Å². The van der Waals surface area contributed by atoms with E-state index >= 15 is 0 Å². The topological polar surface area (TPSA) is 46.2 Å². The Morgan fingerprint density at radius 2 is 1.75 bits per heavy atom. The molecule has 1 aromatic carbocycles. The maximum Gasteiger partial charge on any atom is 0.179 e. The Morgan fingerprint density at radius 1 is 1.10 bits per heavy atom. The van der Waals surface area contributed by atoms with Gasteiger partial charge in [0.2, 0.25) is 0 Å². The van der Waals surface area contributed by atoms with Crippen LogP contribution < -0.4 is 5.32 Å². The highest BCUT2D eigenvalue weighted by Gasteiger charge is 2.15.